The molecule has 2 aromatic carbocycles. The van der Waals surface area contributed by atoms with Crippen LogP contribution in [0, 0.1) is 13.8 Å². The number of aliphatic hydroxyl groups excluding tert-OH is 1. The normalized spacial score (nSPS) is 14.9. The van der Waals surface area contributed by atoms with Crippen molar-refractivity contribution in [3.05, 3.63) is 112 Å². The number of aromatic amines is 1. The van der Waals surface area contributed by atoms with Crippen LogP contribution in [0.5, 0.6) is 0 Å². The number of benzene rings is 2. The molecule has 0 spiro atoms. The lowest BCUT2D eigenvalue weighted by molar-refractivity contribution is -0.110. The van der Waals surface area contributed by atoms with Crippen molar-refractivity contribution >= 4 is 35.1 Å². The molecule has 40 heavy (non-hydrogen) atoms. The first-order valence-corrected chi connectivity index (χ1v) is 12.9. The standard InChI is InChI=1S/C31H30N4O5/c1-17-26(33-19(3)28(17)31(39)32-15-27(36)22-11-12-40-16-22)14-24-23-13-21(9-10-25(23)35-30(24)38)29(37)34-18(2)20-7-5-4-6-8-20/h4-14,16,18,27,33,36H,15H2,1-3H3,(H,32,39)(H,34,37)(H,35,38)/b24-14-. The Morgan fingerprint density at radius 3 is 2.55 bits per heavy atom. The van der Waals surface area contributed by atoms with Gasteiger partial charge in [0.25, 0.3) is 17.7 Å². The predicted molar refractivity (Wildman–Crippen MR) is 152 cm³/mol. The maximum absolute atomic E-state index is 13.0. The zero-order valence-electron chi connectivity index (χ0n) is 22.4. The zero-order chi connectivity index (χ0) is 28.4. The number of carbonyl (C=O) groups excluding carboxylic acids is 3. The Kier molecular flexibility index (Phi) is 7.39. The van der Waals surface area contributed by atoms with E-state index in [-0.39, 0.29) is 30.3 Å². The molecule has 5 rings (SSSR count). The fourth-order valence-corrected chi connectivity index (χ4v) is 4.84. The van der Waals surface area contributed by atoms with Gasteiger partial charge in [0.15, 0.2) is 0 Å². The third kappa shape index (κ3) is 5.32. The van der Waals surface area contributed by atoms with Gasteiger partial charge in [-0.3, -0.25) is 14.4 Å². The van der Waals surface area contributed by atoms with E-state index in [2.05, 4.69) is 20.9 Å². The van der Waals surface area contributed by atoms with Gasteiger partial charge in [-0.2, -0.15) is 0 Å². The van der Waals surface area contributed by atoms with Crippen LogP contribution >= 0.6 is 0 Å². The van der Waals surface area contributed by atoms with Crippen molar-refractivity contribution in [3.63, 3.8) is 0 Å². The molecular formula is C31H30N4O5. The Morgan fingerprint density at radius 2 is 1.82 bits per heavy atom. The van der Waals surface area contributed by atoms with Crippen molar-refractivity contribution in [1.82, 2.24) is 15.6 Å². The molecule has 4 aromatic rings. The van der Waals surface area contributed by atoms with E-state index in [0.717, 1.165) is 5.56 Å². The number of H-pyrrole nitrogens is 1. The van der Waals surface area contributed by atoms with Gasteiger partial charge in [-0.15, -0.1) is 0 Å². The van der Waals surface area contributed by atoms with E-state index >= 15 is 0 Å². The number of furan rings is 1. The summed E-state index contributed by atoms with van der Waals surface area (Å²) < 4.78 is 4.98. The van der Waals surface area contributed by atoms with Crippen LogP contribution in [-0.2, 0) is 4.79 Å². The van der Waals surface area contributed by atoms with E-state index in [9.17, 15) is 19.5 Å². The summed E-state index contributed by atoms with van der Waals surface area (Å²) >= 11 is 0. The maximum atomic E-state index is 13.0. The highest BCUT2D eigenvalue weighted by Crippen LogP contribution is 2.35. The number of hydrogen-bond donors (Lipinski definition) is 5. The van der Waals surface area contributed by atoms with E-state index in [1.165, 1.54) is 12.5 Å². The minimum absolute atomic E-state index is 0.0162. The molecule has 204 valence electrons. The van der Waals surface area contributed by atoms with Crippen molar-refractivity contribution < 1.29 is 23.9 Å². The second-order valence-corrected chi connectivity index (χ2v) is 9.82. The molecule has 2 unspecified atom stereocenters. The van der Waals surface area contributed by atoms with Gasteiger partial charge < -0.3 is 30.5 Å². The molecule has 3 heterocycles. The molecule has 5 N–H and O–H groups in total. The van der Waals surface area contributed by atoms with Gasteiger partial charge in [0.1, 0.15) is 0 Å². The van der Waals surface area contributed by atoms with Crippen LogP contribution in [-0.4, -0.2) is 34.4 Å². The van der Waals surface area contributed by atoms with Crippen LogP contribution in [0.3, 0.4) is 0 Å². The number of fused-ring (bicyclic) bond motifs is 1. The Bertz CT molecular complexity index is 1600. The van der Waals surface area contributed by atoms with Crippen molar-refractivity contribution in [2.45, 2.75) is 32.9 Å². The number of aromatic nitrogens is 1. The average Bonchev–Trinajstić information content (AvgIpc) is 3.66. The SMILES string of the molecule is Cc1[nH]c(/C=C2\C(=O)Nc3ccc(C(=O)NC(C)c4ccccc4)cc32)c(C)c1C(=O)NCC(O)c1ccoc1. The molecule has 9 nitrogen and oxygen atoms in total. The highest BCUT2D eigenvalue weighted by atomic mass is 16.3. The highest BCUT2D eigenvalue weighted by Gasteiger charge is 2.27. The number of nitrogens with one attached hydrogen (secondary N) is 4. The van der Waals surface area contributed by atoms with Crippen LogP contribution < -0.4 is 16.0 Å². The lowest BCUT2D eigenvalue weighted by atomic mass is 10.0. The number of anilines is 1. The Morgan fingerprint density at radius 1 is 1.05 bits per heavy atom. The molecule has 0 fully saturated rings. The molecular weight excluding hydrogens is 508 g/mol. The van der Waals surface area contributed by atoms with Crippen molar-refractivity contribution in [1.29, 1.82) is 0 Å². The van der Waals surface area contributed by atoms with Gasteiger partial charge in [-0.1, -0.05) is 30.3 Å². The van der Waals surface area contributed by atoms with Gasteiger partial charge in [0, 0.05) is 40.3 Å². The summed E-state index contributed by atoms with van der Waals surface area (Å²) in [4.78, 5) is 42.1. The van der Waals surface area contributed by atoms with Crippen LogP contribution in [0.4, 0.5) is 5.69 Å². The number of rotatable bonds is 8. The Labute approximate surface area is 231 Å². The molecule has 0 radical (unpaired) electrons. The number of aliphatic hydroxyl groups is 1. The van der Waals surface area contributed by atoms with Crippen molar-refractivity contribution in [3.8, 4) is 0 Å². The fraction of sp³-hybridized carbons (Fsp3) is 0.194. The van der Waals surface area contributed by atoms with E-state index in [1.54, 1.807) is 44.2 Å². The van der Waals surface area contributed by atoms with E-state index < -0.39 is 6.10 Å². The number of amides is 3. The number of carbonyl (C=O) groups is 3. The third-order valence-electron chi connectivity index (χ3n) is 7.09. The van der Waals surface area contributed by atoms with Crippen molar-refractivity contribution in [2.75, 3.05) is 11.9 Å². The van der Waals surface area contributed by atoms with Crippen LogP contribution in [0.1, 0.15) is 73.4 Å². The first-order valence-electron chi connectivity index (χ1n) is 12.9. The summed E-state index contributed by atoms with van der Waals surface area (Å²) in [5, 5.41) is 18.9. The largest absolute Gasteiger partial charge is 0.472 e. The van der Waals surface area contributed by atoms with Gasteiger partial charge in [-0.25, -0.2) is 0 Å². The quantitative estimate of drug-likeness (QED) is 0.208. The summed E-state index contributed by atoms with van der Waals surface area (Å²) in [6.45, 7) is 5.50. The lowest BCUT2D eigenvalue weighted by Crippen LogP contribution is -2.29. The maximum Gasteiger partial charge on any atom is 0.256 e. The van der Waals surface area contributed by atoms with Crippen LogP contribution in [0.15, 0.2) is 71.5 Å². The molecule has 0 bridgehead atoms. The summed E-state index contributed by atoms with van der Waals surface area (Å²) in [6, 6.07) is 16.2. The first kappa shape index (κ1) is 26.7. The summed E-state index contributed by atoms with van der Waals surface area (Å²) in [5.74, 6) is -0.895. The monoisotopic (exact) mass is 538 g/mol. The van der Waals surface area contributed by atoms with Crippen LogP contribution in [0.2, 0.25) is 0 Å². The van der Waals surface area contributed by atoms with E-state index in [0.29, 0.717) is 50.5 Å². The molecule has 9 heteroatoms. The van der Waals surface area contributed by atoms with Crippen molar-refractivity contribution in [2.24, 2.45) is 0 Å². The smallest absolute Gasteiger partial charge is 0.256 e. The number of hydrogen-bond acceptors (Lipinski definition) is 5. The minimum Gasteiger partial charge on any atom is -0.472 e. The second kappa shape index (κ2) is 11.1. The zero-order valence-corrected chi connectivity index (χ0v) is 22.4. The van der Waals surface area contributed by atoms with Crippen LogP contribution in [0.25, 0.3) is 11.6 Å². The van der Waals surface area contributed by atoms with Gasteiger partial charge >= 0.3 is 0 Å². The van der Waals surface area contributed by atoms with Gasteiger partial charge in [0.2, 0.25) is 0 Å². The molecule has 3 amide bonds. The molecule has 2 aromatic heterocycles. The first-order chi connectivity index (χ1) is 19.2. The summed E-state index contributed by atoms with van der Waals surface area (Å²) in [7, 11) is 0. The number of aryl methyl sites for hydroxylation is 1. The second-order valence-electron chi connectivity index (χ2n) is 9.82. The molecule has 0 saturated carbocycles. The molecule has 1 aliphatic heterocycles. The minimum atomic E-state index is -0.899. The topological polar surface area (TPSA) is 136 Å². The highest BCUT2D eigenvalue weighted by molar-refractivity contribution is 6.35. The predicted octanol–water partition coefficient (Wildman–Crippen LogP) is 4.67. The van der Waals surface area contributed by atoms with E-state index in [4.69, 9.17) is 4.42 Å². The molecule has 0 saturated heterocycles. The summed E-state index contributed by atoms with van der Waals surface area (Å²) in [6.07, 6.45) is 3.68. The Hall–Kier alpha value is -4.89. The van der Waals surface area contributed by atoms with Gasteiger partial charge in [0.05, 0.1) is 35.8 Å². The molecule has 0 aliphatic carbocycles. The summed E-state index contributed by atoms with van der Waals surface area (Å²) in [5.41, 5.74) is 5.91. The Balaban J connectivity index is 1.36. The molecule has 2 atom stereocenters. The van der Waals surface area contributed by atoms with E-state index in [1.807, 2.05) is 37.3 Å². The fourth-order valence-electron chi connectivity index (χ4n) is 4.84. The third-order valence-corrected chi connectivity index (χ3v) is 7.09. The van der Waals surface area contributed by atoms with Gasteiger partial charge in [-0.05, 0) is 62.2 Å². The average molecular weight is 539 g/mol. The molecule has 1 aliphatic rings. The lowest BCUT2D eigenvalue weighted by Gasteiger charge is -2.14.